The third kappa shape index (κ3) is 1.66. The van der Waals surface area contributed by atoms with Crippen molar-refractivity contribution in [3.05, 3.63) is 11.6 Å². The van der Waals surface area contributed by atoms with E-state index >= 15 is 0 Å². The fraction of sp³-hybridized carbons (Fsp3) is 0.833. The average Bonchev–Trinajstić information content (AvgIpc) is 3.28. The van der Waals surface area contributed by atoms with Crippen molar-refractivity contribution in [3.8, 4) is 0 Å². The van der Waals surface area contributed by atoms with Crippen LogP contribution in [0.25, 0.3) is 0 Å². The van der Waals surface area contributed by atoms with E-state index in [1.54, 1.807) is 0 Å². The van der Waals surface area contributed by atoms with Crippen LogP contribution in [0.4, 0.5) is 0 Å². The number of allylic oxidation sites excluding steroid dienone is 1. The van der Waals surface area contributed by atoms with Crippen LogP contribution < -0.4 is 0 Å². The van der Waals surface area contributed by atoms with Crippen molar-refractivity contribution in [3.63, 3.8) is 0 Å². The minimum absolute atomic E-state index is 0.179. The highest BCUT2D eigenvalue weighted by Crippen LogP contribution is 2.78. The van der Waals surface area contributed by atoms with Gasteiger partial charge in [0, 0.05) is 23.2 Å². The summed E-state index contributed by atoms with van der Waals surface area (Å²) in [5.74, 6) is -0.312. The first kappa shape index (κ1) is 15.6. The quantitative estimate of drug-likeness (QED) is 0.596. The molecule has 0 unspecified atom stereocenters. The molecule has 6 atom stereocenters. The minimum Gasteiger partial charge on any atom is -0.465 e. The summed E-state index contributed by atoms with van der Waals surface area (Å²) in [7, 11) is 0. The molecule has 128 valence electrons. The number of carbonyl (C=O) groups excluding carboxylic acids is 1. The number of carbonyl (C=O) groups is 1. The van der Waals surface area contributed by atoms with Gasteiger partial charge < -0.3 is 19.7 Å². The van der Waals surface area contributed by atoms with Gasteiger partial charge in [0.1, 0.15) is 12.7 Å². The Labute approximate surface area is 136 Å². The van der Waals surface area contributed by atoms with Crippen molar-refractivity contribution in [2.75, 3.05) is 6.61 Å². The molecule has 0 aromatic carbocycles. The molecule has 4 rings (SSSR count). The fourth-order valence-electron chi connectivity index (χ4n) is 5.84. The predicted octanol–water partition coefficient (Wildman–Crippen LogP) is 1.57. The second-order valence-electron chi connectivity index (χ2n) is 8.22. The zero-order valence-electron chi connectivity index (χ0n) is 14.0. The molecule has 3 aliphatic carbocycles. The standard InChI is InChI=1S/C18H26O5/c1-10-4-5-18(9-22-11(2)19)12(8-10)23-15-13(20)14(21)16(18,3)17(15)6-7-17/h8,12-15,20-21H,4-7,9H2,1-3H3/t12-,13+,14+,15+,16-,18-/m1/s1. The van der Waals surface area contributed by atoms with E-state index in [4.69, 9.17) is 9.47 Å². The molecule has 5 heteroatoms. The smallest absolute Gasteiger partial charge is 0.302 e. The van der Waals surface area contributed by atoms with Gasteiger partial charge in [-0.05, 0) is 32.6 Å². The van der Waals surface area contributed by atoms with Gasteiger partial charge in [0.15, 0.2) is 0 Å². The number of aliphatic hydroxyl groups is 2. The molecule has 23 heavy (non-hydrogen) atoms. The van der Waals surface area contributed by atoms with Gasteiger partial charge in [-0.25, -0.2) is 0 Å². The summed E-state index contributed by atoms with van der Waals surface area (Å²) in [6.07, 6.45) is 3.49. The van der Waals surface area contributed by atoms with Gasteiger partial charge >= 0.3 is 5.97 Å². The molecule has 0 radical (unpaired) electrons. The summed E-state index contributed by atoms with van der Waals surface area (Å²) in [6.45, 7) is 5.82. The van der Waals surface area contributed by atoms with Gasteiger partial charge in [0.05, 0.1) is 18.3 Å². The summed E-state index contributed by atoms with van der Waals surface area (Å²) in [4.78, 5) is 11.5. The van der Waals surface area contributed by atoms with Crippen molar-refractivity contribution in [2.24, 2.45) is 16.2 Å². The Kier molecular flexibility index (Phi) is 3.11. The van der Waals surface area contributed by atoms with E-state index in [0.29, 0.717) is 0 Å². The van der Waals surface area contributed by atoms with Gasteiger partial charge in [-0.1, -0.05) is 18.6 Å². The van der Waals surface area contributed by atoms with Crippen molar-refractivity contribution in [1.29, 1.82) is 0 Å². The SMILES string of the molecule is CC(=O)OC[C@]12CCC(C)=C[C@H]1O[C@H]1[C@@H](O)[C@H](O)[C@]2(C)C12CC2. The van der Waals surface area contributed by atoms with E-state index in [0.717, 1.165) is 25.7 Å². The van der Waals surface area contributed by atoms with Crippen LogP contribution in [0.15, 0.2) is 11.6 Å². The first-order valence-corrected chi connectivity index (χ1v) is 8.61. The van der Waals surface area contributed by atoms with Crippen molar-refractivity contribution < 1.29 is 24.5 Å². The Morgan fingerprint density at radius 1 is 1.39 bits per heavy atom. The number of ether oxygens (including phenoxy) is 2. The fourth-order valence-corrected chi connectivity index (χ4v) is 5.84. The molecule has 1 spiro atoms. The first-order chi connectivity index (χ1) is 10.8. The number of aliphatic hydroxyl groups excluding tert-OH is 2. The number of rotatable bonds is 2. The predicted molar refractivity (Wildman–Crippen MR) is 82.5 cm³/mol. The number of esters is 1. The molecule has 5 nitrogen and oxygen atoms in total. The van der Waals surface area contributed by atoms with Crippen LogP contribution in [-0.4, -0.2) is 47.2 Å². The van der Waals surface area contributed by atoms with Crippen LogP contribution in [0.3, 0.4) is 0 Å². The second kappa shape index (κ2) is 4.58. The lowest BCUT2D eigenvalue weighted by molar-refractivity contribution is -0.234. The van der Waals surface area contributed by atoms with Gasteiger partial charge in [-0.3, -0.25) is 4.79 Å². The lowest BCUT2D eigenvalue weighted by atomic mass is 9.50. The Hall–Kier alpha value is -0.910. The van der Waals surface area contributed by atoms with Crippen LogP contribution in [0, 0.1) is 16.2 Å². The Balaban J connectivity index is 1.85. The molecule has 2 saturated carbocycles. The molecular weight excluding hydrogens is 296 g/mol. The van der Waals surface area contributed by atoms with Crippen LogP contribution in [-0.2, 0) is 14.3 Å². The molecular formula is C18H26O5. The van der Waals surface area contributed by atoms with E-state index in [1.165, 1.54) is 12.5 Å². The molecule has 3 fully saturated rings. The normalized spacial score (nSPS) is 49.5. The molecule has 2 N–H and O–H groups in total. The molecule has 0 aromatic rings. The topological polar surface area (TPSA) is 76.0 Å². The van der Waals surface area contributed by atoms with E-state index in [1.807, 2.05) is 0 Å². The number of hydrogen-bond acceptors (Lipinski definition) is 5. The summed E-state index contributed by atoms with van der Waals surface area (Å²) in [5.41, 5.74) is 0.107. The largest absolute Gasteiger partial charge is 0.465 e. The molecule has 0 amide bonds. The third-order valence-electron chi connectivity index (χ3n) is 7.40. The van der Waals surface area contributed by atoms with E-state index in [9.17, 15) is 15.0 Å². The summed E-state index contributed by atoms with van der Waals surface area (Å²) in [6, 6.07) is 0. The van der Waals surface area contributed by atoms with Crippen LogP contribution >= 0.6 is 0 Å². The maximum Gasteiger partial charge on any atom is 0.302 e. The van der Waals surface area contributed by atoms with Gasteiger partial charge in [-0.15, -0.1) is 0 Å². The van der Waals surface area contributed by atoms with Gasteiger partial charge in [0.25, 0.3) is 0 Å². The maximum absolute atomic E-state index is 11.5. The molecule has 2 bridgehead atoms. The third-order valence-corrected chi connectivity index (χ3v) is 7.40. The Morgan fingerprint density at radius 3 is 2.70 bits per heavy atom. The van der Waals surface area contributed by atoms with Gasteiger partial charge in [0.2, 0.25) is 0 Å². The zero-order chi connectivity index (χ0) is 16.6. The highest BCUT2D eigenvalue weighted by atomic mass is 16.5. The highest BCUT2D eigenvalue weighted by molar-refractivity contribution is 5.66. The molecule has 4 aliphatic rings. The average molecular weight is 322 g/mol. The number of hydrogen-bond donors (Lipinski definition) is 2. The van der Waals surface area contributed by atoms with Crippen molar-refractivity contribution in [2.45, 2.75) is 70.9 Å². The first-order valence-electron chi connectivity index (χ1n) is 8.61. The van der Waals surface area contributed by atoms with E-state index in [2.05, 4.69) is 19.9 Å². The Morgan fingerprint density at radius 2 is 2.09 bits per heavy atom. The van der Waals surface area contributed by atoms with Crippen LogP contribution in [0.5, 0.6) is 0 Å². The summed E-state index contributed by atoms with van der Waals surface area (Å²) >= 11 is 0. The monoisotopic (exact) mass is 322 g/mol. The lowest BCUT2D eigenvalue weighted by Gasteiger charge is -2.59. The van der Waals surface area contributed by atoms with Crippen LogP contribution in [0.2, 0.25) is 0 Å². The molecule has 0 aromatic heterocycles. The van der Waals surface area contributed by atoms with Crippen molar-refractivity contribution >= 4 is 5.97 Å². The van der Waals surface area contributed by atoms with E-state index in [-0.39, 0.29) is 30.2 Å². The van der Waals surface area contributed by atoms with E-state index < -0.39 is 23.0 Å². The lowest BCUT2D eigenvalue weighted by Crippen LogP contribution is -2.63. The minimum atomic E-state index is -0.865. The molecule has 1 aliphatic heterocycles. The number of fused-ring (bicyclic) bond motifs is 2. The molecule has 1 saturated heterocycles. The highest BCUT2D eigenvalue weighted by Gasteiger charge is 2.82. The van der Waals surface area contributed by atoms with Crippen LogP contribution in [0.1, 0.15) is 46.5 Å². The summed E-state index contributed by atoms with van der Waals surface area (Å²) < 4.78 is 11.8. The van der Waals surface area contributed by atoms with Gasteiger partial charge in [-0.2, -0.15) is 0 Å². The molecule has 1 heterocycles. The summed E-state index contributed by atoms with van der Waals surface area (Å²) in [5, 5.41) is 21.6. The maximum atomic E-state index is 11.5. The zero-order valence-corrected chi connectivity index (χ0v) is 14.0. The second-order valence-corrected chi connectivity index (χ2v) is 8.22. The Bertz CT molecular complexity index is 580. The van der Waals surface area contributed by atoms with Crippen molar-refractivity contribution in [1.82, 2.24) is 0 Å².